The van der Waals surface area contributed by atoms with Crippen molar-refractivity contribution in [2.75, 3.05) is 0 Å². The molecule has 0 aliphatic carbocycles. The van der Waals surface area contributed by atoms with Crippen LogP contribution in [-0.2, 0) is 6.42 Å². The quantitative estimate of drug-likeness (QED) is 0.711. The molecule has 94 valence electrons. The number of rotatable bonds is 3. The fourth-order valence-electron chi connectivity index (χ4n) is 2.11. The Labute approximate surface area is 112 Å². The van der Waals surface area contributed by atoms with Crippen molar-refractivity contribution in [1.29, 1.82) is 0 Å². The Morgan fingerprint density at radius 2 is 1.84 bits per heavy atom. The number of aromatic nitrogens is 3. The molecule has 2 aromatic heterocycles. The summed E-state index contributed by atoms with van der Waals surface area (Å²) < 4.78 is 2.05. The van der Waals surface area contributed by atoms with E-state index in [1.54, 1.807) is 0 Å². The molecule has 0 aliphatic rings. The van der Waals surface area contributed by atoms with Crippen LogP contribution in [0.2, 0.25) is 0 Å². The van der Waals surface area contributed by atoms with Crippen LogP contribution in [0.1, 0.15) is 23.9 Å². The van der Waals surface area contributed by atoms with E-state index < -0.39 is 0 Å². The average Bonchev–Trinajstić information content (AvgIpc) is 2.90. The van der Waals surface area contributed by atoms with Crippen LogP contribution in [0.15, 0.2) is 48.7 Å². The average molecular weight is 249 g/mol. The molecule has 0 unspecified atom stereocenters. The third-order valence-corrected chi connectivity index (χ3v) is 3.11. The highest BCUT2D eigenvalue weighted by atomic mass is 15.2. The Morgan fingerprint density at radius 1 is 1.00 bits per heavy atom. The summed E-state index contributed by atoms with van der Waals surface area (Å²) in [5.41, 5.74) is 3.17. The molecule has 0 aliphatic heterocycles. The first-order valence-corrected chi connectivity index (χ1v) is 6.44. The topological polar surface area (TPSA) is 30.2 Å². The van der Waals surface area contributed by atoms with Gasteiger partial charge >= 0.3 is 0 Å². The van der Waals surface area contributed by atoms with Crippen molar-refractivity contribution in [2.24, 2.45) is 0 Å². The number of hydrogen-bond donors (Lipinski definition) is 0. The smallest absolute Gasteiger partial charge is 0.168 e. The molecule has 0 fully saturated rings. The van der Waals surface area contributed by atoms with Crippen molar-refractivity contribution in [2.45, 2.75) is 13.3 Å². The van der Waals surface area contributed by atoms with Crippen molar-refractivity contribution in [3.63, 3.8) is 0 Å². The predicted octanol–water partition coefficient (Wildman–Crippen LogP) is 3.46. The van der Waals surface area contributed by atoms with Gasteiger partial charge in [-0.3, -0.25) is 4.40 Å². The minimum Gasteiger partial charge on any atom is -0.286 e. The Bertz CT molecular complexity index is 711. The van der Waals surface area contributed by atoms with Crippen LogP contribution in [-0.4, -0.2) is 14.6 Å². The Kier molecular flexibility index (Phi) is 3.11. The molecule has 3 rings (SSSR count). The van der Waals surface area contributed by atoms with E-state index in [0.29, 0.717) is 0 Å². The van der Waals surface area contributed by atoms with Gasteiger partial charge in [-0.1, -0.05) is 49.4 Å². The highest BCUT2D eigenvalue weighted by Gasteiger charge is 2.05. The molecule has 0 bridgehead atoms. The molecule has 3 heteroatoms. The summed E-state index contributed by atoms with van der Waals surface area (Å²) in [6.45, 7) is 2.09. The number of benzene rings is 1. The molecule has 0 saturated carbocycles. The lowest BCUT2D eigenvalue weighted by Gasteiger charge is -1.99. The van der Waals surface area contributed by atoms with E-state index in [4.69, 9.17) is 0 Å². The van der Waals surface area contributed by atoms with Crippen LogP contribution in [0.4, 0.5) is 0 Å². The van der Waals surface area contributed by atoms with Gasteiger partial charge in [-0.25, -0.2) is 0 Å². The van der Waals surface area contributed by atoms with Gasteiger partial charge in [-0.05, 0) is 17.7 Å². The summed E-state index contributed by atoms with van der Waals surface area (Å²) in [6.07, 6.45) is 7.06. The van der Waals surface area contributed by atoms with Gasteiger partial charge in [0.2, 0.25) is 0 Å². The molecule has 1 aromatic carbocycles. The summed E-state index contributed by atoms with van der Waals surface area (Å²) in [4.78, 5) is 0. The highest BCUT2D eigenvalue weighted by molar-refractivity contribution is 5.76. The van der Waals surface area contributed by atoms with Gasteiger partial charge in [-0.2, -0.15) is 0 Å². The third-order valence-electron chi connectivity index (χ3n) is 3.11. The molecule has 0 N–H and O–H groups in total. The zero-order chi connectivity index (χ0) is 13.1. The zero-order valence-corrected chi connectivity index (χ0v) is 10.8. The number of hydrogen-bond acceptors (Lipinski definition) is 2. The molecule has 3 nitrogen and oxygen atoms in total. The summed E-state index contributed by atoms with van der Waals surface area (Å²) in [5, 5.41) is 8.47. The van der Waals surface area contributed by atoms with E-state index >= 15 is 0 Å². The Balaban J connectivity index is 2.02. The predicted molar refractivity (Wildman–Crippen MR) is 77.7 cm³/mol. The van der Waals surface area contributed by atoms with E-state index in [2.05, 4.69) is 47.5 Å². The molecular weight excluding hydrogens is 234 g/mol. The second-order valence-corrected chi connectivity index (χ2v) is 4.37. The maximum absolute atomic E-state index is 4.26. The fourth-order valence-corrected chi connectivity index (χ4v) is 2.11. The highest BCUT2D eigenvalue weighted by Crippen LogP contribution is 2.14. The van der Waals surface area contributed by atoms with Crippen molar-refractivity contribution in [1.82, 2.24) is 14.6 Å². The lowest BCUT2D eigenvalue weighted by molar-refractivity contribution is 0.909. The lowest BCUT2D eigenvalue weighted by atomic mass is 10.1. The molecule has 3 aromatic rings. The maximum atomic E-state index is 4.26. The SMILES string of the molecule is CCc1nnc2c(/C=C/c3ccccc3)cccn12. The minimum absolute atomic E-state index is 0.882. The van der Waals surface area contributed by atoms with E-state index in [-0.39, 0.29) is 0 Å². The van der Waals surface area contributed by atoms with Gasteiger partial charge in [-0.15, -0.1) is 10.2 Å². The van der Waals surface area contributed by atoms with Gasteiger partial charge in [0.25, 0.3) is 0 Å². The molecule has 0 atom stereocenters. The third kappa shape index (κ3) is 2.27. The van der Waals surface area contributed by atoms with Crippen LogP contribution >= 0.6 is 0 Å². The monoisotopic (exact) mass is 249 g/mol. The molecule has 0 saturated heterocycles. The molecular formula is C16H15N3. The van der Waals surface area contributed by atoms with Crippen molar-refractivity contribution in [3.05, 3.63) is 65.6 Å². The van der Waals surface area contributed by atoms with Crippen LogP contribution < -0.4 is 0 Å². The summed E-state index contributed by atoms with van der Waals surface area (Å²) in [6, 6.07) is 14.3. The Hall–Kier alpha value is -2.42. The second kappa shape index (κ2) is 5.06. The van der Waals surface area contributed by atoms with E-state index in [1.807, 2.05) is 34.9 Å². The summed E-state index contributed by atoms with van der Waals surface area (Å²) >= 11 is 0. The molecule has 2 heterocycles. The minimum atomic E-state index is 0.882. The first kappa shape index (κ1) is 11.7. The number of nitrogens with zero attached hydrogens (tertiary/aromatic N) is 3. The summed E-state index contributed by atoms with van der Waals surface area (Å²) in [5.74, 6) is 0.991. The van der Waals surface area contributed by atoms with Crippen molar-refractivity contribution in [3.8, 4) is 0 Å². The number of fused-ring (bicyclic) bond motifs is 1. The van der Waals surface area contributed by atoms with Crippen LogP contribution in [0.25, 0.3) is 17.8 Å². The van der Waals surface area contributed by atoms with E-state index in [1.165, 1.54) is 5.56 Å². The normalized spacial score (nSPS) is 11.4. The first-order chi connectivity index (χ1) is 9.38. The van der Waals surface area contributed by atoms with E-state index in [9.17, 15) is 0 Å². The fraction of sp³-hybridized carbons (Fsp3) is 0.125. The zero-order valence-electron chi connectivity index (χ0n) is 10.8. The number of aryl methyl sites for hydroxylation is 1. The van der Waals surface area contributed by atoms with Crippen molar-refractivity contribution >= 4 is 17.8 Å². The van der Waals surface area contributed by atoms with Gasteiger partial charge < -0.3 is 0 Å². The number of pyridine rings is 1. The van der Waals surface area contributed by atoms with Crippen molar-refractivity contribution < 1.29 is 0 Å². The van der Waals surface area contributed by atoms with Crippen LogP contribution in [0, 0.1) is 0 Å². The first-order valence-electron chi connectivity index (χ1n) is 6.44. The molecule has 0 spiro atoms. The molecule has 19 heavy (non-hydrogen) atoms. The molecule has 0 amide bonds. The summed E-state index contributed by atoms with van der Waals surface area (Å²) in [7, 11) is 0. The standard InChI is InChI=1S/C16H15N3/c1-2-15-17-18-16-14(9-6-12-19(15)16)11-10-13-7-4-3-5-8-13/h3-12H,2H2,1H3/b11-10+. The van der Waals surface area contributed by atoms with Gasteiger partial charge in [0.1, 0.15) is 5.82 Å². The van der Waals surface area contributed by atoms with Crippen LogP contribution in [0.5, 0.6) is 0 Å². The Morgan fingerprint density at radius 3 is 2.63 bits per heavy atom. The largest absolute Gasteiger partial charge is 0.286 e. The van der Waals surface area contributed by atoms with Crippen LogP contribution in [0.3, 0.4) is 0 Å². The maximum Gasteiger partial charge on any atom is 0.168 e. The second-order valence-electron chi connectivity index (χ2n) is 4.37. The van der Waals surface area contributed by atoms with E-state index in [0.717, 1.165) is 23.5 Å². The van der Waals surface area contributed by atoms with Gasteiger partial charge in [0.05, 0.1) is 0 Å². The van der Waals surface area contributed by atoms with Gasteiger partial charge in [0.15, 0.2) is 5.65 Å². The van der Waals surface area contributed by atoms with Gasteiger partial charge in [0, 0.05) is 18.2 Å². The molecule has 0 radical (unpaired) electrons. The lowest BCUT2D eigenvalue weighted by Crippen LogP contribution is -1.92.